The van der Waals surface area contributed by atoms with Gasteiger partial charge in [0, 0.05) is 5.56 Å². The van der Waals surface area contributed by atoms with E-state index in [1.807, 2.05) is 26.0 Å². The van der Waals surface area contributed by atoms with Crippen molar-refractivity contribution in [3.05, 3.63) is 35.4 Å². The second kappa shape index (κ2) is 7.11. The SMILES string of the molecule is CCC(CC)(NC(=O)c1ccc(C(C)C)cc1)/C(N)=N/O. The number of amidine groups is 1. The third kappa shape index (κ3) is 3.74. The summed E-state index contributed by atoms with van der Waals surface area (Å²) in [6, 6.07) is 7.49. The molecule has 0 aliphatic rings. The lowest BCUT2D eigenvalue weighted by Gasteiger charge is -2.31. The Morgan fingerprint density at radius 2 is 1.81 bits per heavy atom. The number of carbonyl (C=O) groups excluding carboxylic acids is 1. The van der Waals surface area contributed by atoms with Crippen LogP contribution < -0.4 is 11.1 Å². The van der Waals surface area contributed by atoms with Gasteiger partial charge in [0.15, 0.2) is 5.84 Å². The fourth-order valence-corrected chi connectivity index (χ4v) is 2.26. The van der Waals surface area contributed by atoms with Crippen LogP contribution >= 0.6 is 0 Å². The molecule has 5 nitrogen and oxygen atoms in total. The summed E-state index contributed by atoms with van der Waals surface area (Å²) < 4.78 is 0. The van der Waals surface area contributed by atoms with E-state index in [9.17, 15) is 4.79 Å². The van der Waals surface area contributed by atoms with E-state index in [4.69, 9.17) is 10.9 Å². The predicted octanol–water partition coefficient (Wildman–Crippen LogP) is 2.84. The highest BCUT2D eigenvalue weighted by molar-refractivity contribution is 6.00. The molecule has 0 fully saturated rings. The number of amides is 1. The molecule has 0 aliphatic heterocycles. The first kappa shape index (κ1) is 17.0. The number of benzene rings is 1. The molecule has 0 spiro atoms. The molecule has 1 amide bonds. The topological polar surface area (TPSA) is 87.7 Å². The molecule has 5 heteroatoms. The minimum Gasteiger partial charge on any atom is -0.409 e. The van der Waals surface area contributed by atoms with Crippen LogP contribution in [0.3, 0.4) is 0 Å². The molecule has 0 aliphatic carbocycles. The number of rotatable bonds is 6. The Balaban J connectivity index is 2.97. The van der Waals surface area contributed by atoms with Crippen molar-refractivity contribution >= 4 is 11.7 Å². The van der Waals surface area contributed by atoms with Gasteiger partial charge in [0.1, 0.15) is 5.54 Å². The van der Waals surface area contributed by atoms with E-state index >= 15 is 0 Å². The number of carbonyl (C=O) groups is 1. The fourth-order valence-electron chi connectivity index (χ4n) is 2.26. The predicted molar refractivity (Wildman–Crippen MR) is 84.7 cm³/mol. The van der Waals surface area contributed by atoms with Gasteiger partial charge in [-0.2, -0.15) is 0 Å². The van der Waals surface area contributed by atoms with E-state index in [0.29, 0.717) is 24.3 Å². The Morgan fingerprint density at radius 3 is 2.19 bits per heavy atom. The summed E-state index contributed by atoms with van der Waals surface area (Å²) in [5.41, 5.74) is 6.68. The van der Waals surface area contributed by atoms with Gasteiger partial charge in [0.25, 0.3) is 5.91 Å². The van der Waals surface area contributed by atoms with Crippen LogP contribution in [-0.4, -0.2) is 22.5 Å². The van der Waals surface area contributed by atoms with E-state index in [1.54, 1.807) is 12.1 Å². The maximum atomic E-state index is 12.4. The van der Waals surface area contributed by atoms with Crippen molar-refractivity contribution in [2.75, 3.05) is 0 Å². The molecular formula is C16H25N3O2. The summed E-state index contributed by atoms with van der Waals surface area (Å²) in [6.07, 6.45) is 1.10. The Morgan fingerprint density at radius 1 is 1.29 bits per heavy atom. The molecule has 4 N–H and O–H groups in total. The highest BCUT2D eigenvalue weighted by atomic mass is 16.4. The van der Waals surface area contributed by atoms with Gasteiger partial charge in [-0.3, -0.25) is 4.79 Å². The number of hydrogen-bond donors (Lipinski definition) is 3. The van der Waals surface area contributed by atoms with Crippen LogP contribution in [0.2, 0.25) is 0 Å². The van der Waals surface area contributed by atoms with Gasteiger partial charge in [-0.25, -0.2) is 0 Å². The van der Waals surface area contributed by atoms with E-state index in [-0.39, 0.29) is 11.7 Å². The number of nitrogens with one attached hydrogen (secondary N) is 1. The number of nitrogens with zero attached hydrogens (tertiary/aromatic N) is 1. The van der Waals surface area contributed by atoms with Crippen molar-refractivity contribution in [2.24, 2.45) is 10.9 Å². The maximum Gasteiger partial charge on any atom is 0.252 e. The van der Waals surface area contributed by atoms with Gasteiger partial charge in [-0.15, -0.1) is 0 Å². The summed E-state index contributed by atoms with van der Waals surface area (Å²) in [7, 11) is 0. The molecule has 0 saturated carbocycles. The van der Waals surface area contributed by atoms with Crippen molar-refractivity contribution in [1.82, 2.24) is 5.32 Å². The molecule has 21 heavy (non-hydrogen) atoms. The second-order valence-electron chi connectivity index (χ2n) is 5.51. The molecule has 116 valence electrons. The lowest BCUT2D eigenvalue weighted by Crippen LogP contribution is -2.56. The summed E-state index contributed by atoms with van der Waals surface area (Å²) >= 11 is 0. The lowest BCUT2D eigenvalue weighted by atomic mass is 9.90. The fraction of sp³-hybridized carbons (Fsp3) is 0.500. The van der Waals surface area contributed by atoms with Crippen LogP contribution in [0.1, 0.15) is 62.4 Å². The highest BCUT2D eigenvalue weighted by Gasteiger charge is 2.33. The van der Waals surface area contributed by atoms with Crippen LogP contribution in [0.25, 0.3) is 0 Å². The minimum absolute atomic E-state index is 0.0275. The first-order chi connectivity index (χ1) is 9.90. The van der Waals surface area contributed by atoms with Crippen molar-refractivity contribution in [3.63, 3.8) is 0 Å². The third-order valence-corrected chi connectivity index (χ3v) is 4.00. The average Bonchev–Trinajstić information content (AvgIpc) is 2.51. The molecule has 0 heterocycles. The van der Waals surface area contributed by atoms with Gasteiger partial charge >= 0.3 is 0 Å². The van der Waals surface area contributed by atoms with E-state index in [1.165, 1.54) is 5.56 Å². The molecule has 1 rings (SSSR count). The van der Waals surface area contributed by atoms with Crippen LogP contribution in [-0.2, 0) is 0 Å². The second-order valence-corrected chi connectivity index (χ2v) is 5.51. The molecule has 0 saturated heterocycles. The molecule has 0 atom stereocenters. The number of hydrogen-bond acceptors (Lipinski definition) is 3. The molecular weight excluding hydrogens is 266 g/mol. The summed E-state index contributed by atoms with van der Waals surface area (Å²) in [6.45, 7) is 7.99. The first-order valence-electron chi connectivity index (χ1n) is 7.30. The largest absolute Gasteiger partial charge is 0.409 e. The zero-order valence-electron chi connectivity index (χ0n) is 13.2. The average molecular weight is 291 g/mol. The summed E-state index contributed by atoms with van der Waals surface area (Å²) in [5, 5.41) is 14.9. The zero-order valence-corrected chi connectivity index (χ0v) is 13.2. The van der Waals surface area contributed by atoms with Gasteiger partial charge in [-0.1, -0.05) is 45.0 Å². The minimum atomic E-state index is -0.817. The highest BCUT2D eigenvalue weighted by Crippen LogP contribution is 2.18. The zero-order chi connectivity index (χ0) is 16.0. The van der Waals surface area contributed by atoms with Crippen LogP contribution in [0, 0.1) is 0 Å². The maximum absolute atomic E-state index is 12.4. The van der Waals surface area contributed by atoms with E-state index in [2.05, 4.69) is 24.3 Å². The Kier molecular flexibility index (Phi) is 5.76. The number of oxime groups is 1. The van der Waals surface area contributed by atoms with Crippen molar-refractivity contribution in [2.45, 2.75) is 52.0 Å². The normalized spacial score (nSPS) is 12.5. The lowest BCUT2D eigenvalue weighted by molar-refractivity contribution is 0.0918. The molecule has 1 aromatic carbocycles. The Hall–Kier alpha value is -2.04. The van der Waals surface area contributed by atoms with Crippen LogP contribution in [0.4, 0.5) is 0 Å². The molecule has 1 aromatic rings. The van der Waals surface area contributed by atoms with Crippen LogP contribution in [0.15, 0.2) is 29.4 Å². The molecule has 0 bridgehead atoms. The quantitative estimate of drug-likeness (QED) is 0.326. The van der Waals surface area contributed by atoms with E-state index < -0.39 is 5.54 Å². The molecule has 0 radical (unpaired) electrons. The van der Waals surface area contributed by atoms with Crippen molar-refractivity contribution in [1.29, 1.82) is 0 Å². The van der Waals surface area contributed by atoms with Crippen molar-refractivity contribution in [3.8, 4) is 0 Å². The molecule has 0 aromatic heterocycles. The van der Waals surface area contributed by atoms with Gasteiger partial charge in [0.2, 0.25) is 0 Å². The molecule has 0 unspecified atom stereocenters. The van der Waals surface area contributed by atoms with Gasteiger partial charge in [0.05, 0.1) is 0 Å². The Bertz CT molecular complexity index is 503. The van der Waals surface area contributed by atoms with Crippen LogP contribution in [0.5, 0.6) is 0 Å². The third-order valence-electron chi connectivity index (χ3n) is 4.00. The first-order valence-corrected chi connectivity index (χ1v) is 7.30. The van der Waals surface area contributed by atoms with Crippen molar-refractivity contribution < 1.29 is 10.0 Å². The standard InChI is InChI=1S/C16H25N3O2/c1-5-16(6-2,15(17)19-21)18-14(20)13-9-7-12(8-10-13)11(3)4/h7-11,21H,5-6H2,1-4H3,(H2,17,19)(H,18,20). The van der Waals surface area contributed by atoms with Gasteiger partial charge in [-0.05, 0) is 36.5 Å². The number of nitrogens with two attached hydrogens (primary N) is 1. The monoisotopic (exact) mass is 291 g/mol. The summed E-state index contributed by atoms with van der Waals surface area (Å²) in [5.74, 6) is 0.227. The Labute approximate surface area is 126 Å². The van der Waals surface area contributed by atoms with Gasteiger partial charge < -0.3 is 16.3 Å². The summed E-state index contributed by atoms with van der Waals surface area (Å²) in [4.78, 5) is 12.4. The van der Waals surface area contributed by atoms with E-state index in [0.717, 1.165) is 0 Å². The smallest absolute Gasteiger partial charge is 0.252 e.